The summed E-state index contributed by atoms with van der Waals surface area (Å²) in [5.74, 6) is 0. The largest absolute Gasteiger partial charge is 0.456 e. The third kappa shape index (κ3) is 4.59. The molecule has 8 aromatic carbocycles. The Kier molecular flexibility index (Phi) is 6.18. The lowest BCUT2D eigenvalue weighted by Gasteiger charge is -2.28. The smallest absolute Gasteiger partial charge is 0.137 e. The van der Waals surface area contributed by atoms with Gasteiger partial charge in [0.05, 0.1) is 5.69 Å². The van der Waals surface area contributed by atoms with E-state index in [9.17, 15) is 0 Å². The second-order valence-corrected chi connectivity index (χ2v) is 12.6. The van der Waals surface area contributed by atoms with Crippen molar-refractivity contribution in [1.82, 2.24) is 0 Å². The van der Waals surface area contributed by atoms with Crippen molar-refractivity contribution in [2.75, 3.05) is 4.90 Å². The molecule has 10 rings (SSSR count). The minimum Gasteiger partial charge on any atom is -0.456 e. The van der Waals surface area contributed by atoms with Crippen molar-refractivity contribution < 1.29 is 8.83 Å². The summed E-state index contributed by atoms with van der Waals surface area (Å²) in [6.07, 6.45) is 0. The van der Waals surface area contributed by atoms with Crippen LogP contribution in [0.4, 0.5) is 17.1 Å². The predicted octanol–water partition coefficient (Wildman–Crippen LogP) is 13.4. The topological polar surface area (TPSA) is 29.5 Å². The van der Waals surface area contributed by atoms with Gasteiger partial charge in [-0.3, -0.25) is 0 Å². The number of rotatable bonds is 5. The van der Waals surface area contributed by atoms with Gasteiger partial charge in [-0.25, -0.2) is 0 Å². The average Bonchev–Trinajstić information content (AvgIpc) is 3.72. The Labute approximate surface area is 282 Å². The van der Waals surface area contributed by atoms with Crippen molar-refractivity contribution in [2.45, 2.75) is 0 Å². The maximum Gasteiger partial charge on any atom is 0.137 e. The summed E-state index contributed by atoms with van der Waals surface area (Å²) in [6, 6.07) is 62.1. The first-order chi connectivity index (χ1) is 24.3. The zero-order valence-electron chi connectivity index (χ0n) is 26.5. The van der Waals surface area contributed by atoms with E-state index in [2.05, 4.69) is 157 Å². The molecule has 49 heavy (non-hydrogen) atoms. The van der Waals surface area contributed by atoms with Crippen LogP contribution in [0.1, 0.15) is 0 Å². The van der Waals surface area contributed by atoms with Gasteiger partial charge in [0.1, 0.15) is 22.3 Å². The van der Waals surface area contributed by atoms with E-state index < -0.39 is 0 Å². The normalized spacial score (nSPS) is 11.7. The molecule has 0 saturated carbocycles. The highest BCUT2D eigenvalue weighted by Crippen LogP contribution is 2.43. The molecule has 0 N–H and O–H groups in total. The molecule has 0 amide bonds. The second-order valence-electron chi connectivity index (χ2n) is 12.6. The molecule has 2 heterocycles. The van der Waals surface area contributed by atoms with Gasteiger partial charge in [0, 0.05) is 44.5 Å². The van der Waals surface area contributed by atoms with Gasteiger partial charge in [0.2, 0.25) is 0 Å². The van der Waals surface area contributed by atoms with Crippen molar-refractivity contribution in [3.8, 4) is 22.3 Å². The van der Waals surface area contributed by atoms with E-state index in [1.807, 2.05) is 24.3 Å². The van der Waals surface area contributed by atoms with E-state index >= 15 is 0 Å². The molecule has 3 nitrogen and oxygen atoms in total. The van der Waals surface area contributed by atoms with Gasteiger partial charge in [0.15, 0.2) is 0 Å². The van der Waals surface area contributed by atoms with Gasteiger partial charge in [-0.1, -0.05) is 109 Å². The van der Waals surface area contributed by atoms with E-state index in [-0.39, 0.29) is 0 Å². The number of hydrogen-bond donors (Lipinski definition) is 0. The molecule has 0 bridgehead atoms. The quantitative estimate of drug-likeness (QED) is 0.190. The van der Waals surface area contributed by atoms with E-state index in [0.717, 1.165) is 83.0 Å². The van der Waals surface area contributed by atoms with Gasteiger partial charge >= 0.3 is 0 Å². The maximum atomic E-state index is 6.35. The van der Waals surface area contributed by atoms with Crippen LogP contribution in [0.25, 0.3) is 76.9 Å². The van der Waals surface area contributed by atoms with Crippen molar-refractivity contribution in [3.63, 3.8) is 0 Å². The Bertz CT molecular complexity index is 2830. The third-order valence-electron chi connectivity index (χ3n) is 9.64. The van der Waals surface area contributed by atoms with Gasteiger partial charge in [-0.15, -0.1) is 0 Å². The average molecular weight is 628 g/mol. The van der Waals surface area contributed by atoms with Gasteiger partial charge in [-0.2, -0.15) is 0 Å². The molecule has 0 aliphatic rings. The number of furan rings is 2. The van der Waals surface area contributed by atoms with E-state index in [1.54, 1.807) is 0 Å². The molecule has 0 atom stereocenters. The molecule has 0 saturated heterocycles. The highest BCUT2D eigenvalue weighted by molar-refractivity contribution is 6.10. The summed E-state index contributed by atoms with van der Waals surface area (Å²) in [6.45, 7) is 0. The Hall–Kier alpha value is -6.58. The standard InChI is InChI=1S/C46H29NO2/c1-2-10-31(11-3-1)37-12-4-7-15-42(37)47(36-24-25-40-38-13-5-8-16-43(38)49-46(40)29-36)35-22-20-30(21-23-35)32-18-19-33-27-41-39-14-6-9-17-44(39)48-45(41)28-34(33)26-32/h1-29H. The summed E-state index contributed by atoms with van der Waals surface area (Å²) >= 11 is 0. The van der Waals surface area contributed by atoms with Crippen molar-refractivity contribution >= 4 is 71.7 Å². The summed E-state index contributed by atoms with van der Waals surface area (Å²) in [7, 11) is 0. The fourth-order valence-corrected chi connectivity index (χ4v) is 7.26. The third-order valence-corrected chi connectivity index (χ3v) is 9.64. The summed E-state index contributed by atoms with van der Waals surface area (Å²) < 4.78 is 12.6. The number of nitrogens with zero attached hydrogens (tertiary/aromatic N) is 1. The molecule has 10 aromatic rings. The monoisotopic (exact) mass is 627 g/mol. The van der Waals surface area contributed by atoms with Crippen LogP contribution in [0.3, 0.4) is 0 Å². The molecule has 0 aliphatic carbocycles. The van der Waals surface area contributed by atoms with Crippen LogP contribution in [0, 0.1) is 0 Å². The summed E-state index contributed by atoms with van der Waals surface area (Å²) in [5, 5.41) is 6.90. The zero-order chi connectivity index (χ0) is 32.3. The van der Waals surface area contributed by atoms with Crippen molar-refractivity contribution in [3.05, 3.63) is 176 Å². The highest BCUT2D eigenvalue weighted by atomic mass is 16.3. The Morgan fingerprint density at radius 3 is 1.73 bits per heavy atom. The lowest BCUT2D eigenvalue weighted by Crippen LogP contribution is -2.11. The molecule has 230 valence electrons. The minimum absolute atomic E-state index is 0.868. The van der Waals surface area contributed by atoms with E-state index in [1.165, 1.54) is 10.9 Å². The van der Waals surface area contributed by atoms with E-state index in [4.69, 9.17) is 8.83 Å². The first kappa shape index (κ1) is 27.5. The minimum atomic E-state index is 0.868. The summed E-state index contributed by atoms with van der Waals surface area (Å²) in [5.41, 5.74) is 11.4. The Morgan fingerprint density at radius 2 is 0.939 bits per heavy atom. The van der Waals surface area contributed by atoms with Gasteiger partial charge in [0.25, 0.3) is 0 Å². The molecule has 0 unspecified atom stereocenters. The zero-order valence-corrected chi connectivity index (χ0v) is 26.5. The molecule has 3 heteroatoms. The van der Waals surface area contributed by atoms with Crippen LogP contribution in [-0.4, -0.2) is 0 Å². The number of benzene rings is 8. The second kappa shape index (κ2) is 11.0. The van der Waals surface area contributed by atoms with Crippen molar-refractivity contribution in [2.24, 2.45) is 0 Å². The lowest BCUT2D eigenvalue weighted by molar-refractivity contribution is 0.669. The lowest BCUT2D eigenvalue weighted by atomic mass is 9.99. The molecule has 0 radical (unpaired) electrons. The fourth-order valence-electron chi connectivity index (χ4n) is 7.26. The summed E-state index contributed by atoms with van der Waals surface area (Å²) in [4.78, 5) is 2.33. The predicted molar refractivity (Wildman–Crippen MR) is 204 cm³/mol. The SMILES string of the molecule is c1ccc(-c2ccccc2N(c2ccc(-c3ccc4cc5c(cc4c3)oc3ccccc35)cc2)c2ccc3c(c2)oc2ccccc23)cc1. The number of fused-ring (bicyclic) bond motifs is 7. The molecule has 0 spiro atoms. The van der Waals surface area contributed by atoms with Crippen LogP contribution < -0.4 is 4.90 Å². The molecule has 0 aliphatic heterocycles. The maximum absolute atomic E-state index is 6.35. The number of anilines is 3. The van der Waals surface area contributed by atoms with Crippen LogP contribution in [-0.2, 0) is 0 Å². The highest BCUT2D eigenvalue weighted by Gasteiger charge is 2.19. The first-order valence-corrected chi connectivity index (χ1v) is 16.6. The molecule has 0 fully saturated rings. The molecular weight excluding hydrogens is 599 g/mol. The number of hydrogen-bond acceptors (Lipinski definition) is 3. The molecular formula is C46H29NO2. The van der Waals surface area contributed by atoms with Crippen LogP contribution in [0.15, 0.2) is 185 Å². The van der Waals surface area contributed by atoms with Crippen LogP contribution >= 0.6 is 0 Å². The Balaban J connectivity index is 1.09. The number of para-hydroxylation sites is 3. The Morgan fingerprint density at radius 1 is 0.327 bits per heavy atom. The van der Waals surface area contributed by atoms with Crippen LogP contribution in [0.5, 0.6) is 0 Å². The van der Waals surface area contributed by atoms with E-state index in [0.29, 0.717) is 0 Å². The van der Waals surface area contributed by atoms with Gasteiger partial charge < -0.3 is 13.7 Å². The fraction of sp³-hybridized carbons (Fsp3) is 0. The van der Waals surface area contributed by atoms with Crippen LogP contribution in [0.2, 0.25) is 0 Å². The van der Waals surface area contributed by atoms with Crippen molar-refractivity contribution in [1.29, 1.82) is 0 Å². The first-order valence-electron chi connectivity index (χ1n) is 16.6. The molecule has 2 aromatic heterocycles. The van der Waals surface area contributed by atoms with Gasteiger partial charge in [-0.05, 0) is 88.1 Å².